The van der Waals surface area contributed by atoms with E-state index >= 15 is 0 Å². The van der Waals surface area contributed by atoms with Gasteiger partial charge in [-0.3, -0.25) is 4.79 Å². The molecular weight excluding hydrogens is 462 g/mol. The number of carbonyl (C=O) groups is 1. The topological polar surface area (TPSA) is 88.1 Å². The summed E-state index contributed by atoms with van der Waals surface area (Å²) >= 11 is 5.90. The van der Waals surface area contributed by atoms with Crippen LogP contribution in [-0.2, 0) is 21.4 Å². The van der Waals surface area contributed by atoms with Crippen molar-refractivity contribution in [2.24, 2.45) is 5.10 Å². The number of ether oxygens (including phenoxy) is 1. The molecule has 0 spiro atoms. The molecule has 0 aromatic heterocycles. The van der Waals surface area contributed by atoms with Crippen LogP contribution in [-0.4, -0.2) is 38.5 Å². The van der Waals surface area contributed by atoms with Crippen molar-refractivity contribution >= 4 is 33.7 Å². The predicted molar refractivity (Wildman–Crippen MR) is 129 cm³/mol. The van der Waals surface area contributed by atoms with Crippen molar-refractivity contribution in [3.8, 4) is 5.75 Å². The number of hydrogen-bond acceptors (Lipinski definition) is 5. The minimum atomic E-state index is -3.96. The number of nitrogens with zero attached hydrogens (tertiary/aromatic N) is 2. The Morgan fingerprint density at radius 2 is 1.79 bits per heavy atom. The van der Waals surface area contributed by atoms with Gasteiger partial charge in [-0.15, -0.1) is 0 Å². The van der Waals surface area contributed by atoms with Gasteiger partial charge in [0.15, 0.2) is 0 Å². The minimum absolute atomic E-state index is 0.0260. The maximum atomic E-state index is 13.3. The molecule has 3 aromatic carbocycles. The average Bonchev–Trinajstić information content (AvgIpc) is 2.80. The van der Waals surface area contributed by atoms with E-state index in [1.165, 1.54) is 30.5 Å². The largest absolute Gasteiger partial charge is 0.497 e. The highest BCUT2D eigenvalue weighted by molar-refractivity contribution is 7.89. The first-order chi connectivity index (χ1) is 15.8. The normalized spacial score (nSPS) is 11.6. The number of amides is 1. The Morgan fingerprint density at radius 3 is 2.45 bits per heavy atom. The molecule has 0 aliphatic heterocycles. The molecule has 7 nitrogen and oxygen atoms in total. The van der Waals surface area contributed by atoms with Gasteiger partial charge in [0, 0.05) is 11.6 Å². The zero-order chi connectivity index (χ0) is 23.8. The Hall–Kier alpha value is -3.20. The van der Waals surface area contributed by atoms with Gasteiger partial charge in [0.05, 0.1) is 24.8 Å². The van der Waals surface area contributed by atoms with Crippen LogP contribution in [0.2, 0.25) is 5.02 Å². The lowest BCUT2D eigenvalue weighted by Gasteiger charge is -2.21. The van der Waals surface area contributed by atoms with Gasteiger partial charge < -0.3 is 4.74 Å². The first-order valence-electron chi connectivity index (χ1n) is 10.0. The molecule has 0 saturated carbocycles. The van der Waals surface area contributed by atoms with Crippen LogP contribution < -0.4 is 10.2 Å². The summed E-state index contributed by atoms with van der Waals surface area (Å²) in [4.78, 5) is 12.6. The second-order valence-corrected chi connectivity index (χ2v) is 9.66. The van der Waals surface area contributed by atoms with E-state index in [-0.39, 0.29) is 11.4 Å². The Kier molecular flexibility index (Phi) is 8.21. The highest BCUT2D eigenvalue weighted by Gasteiger charge is 2.27. The van der Waals surface area contributed by atoms with E-state index in [0.717, 1.165) is 21.0 Å². The molecular formula is C24H24ClN3O4S. The SMILES string of the molecule is COc1cccc(/C=N\NC(=O)CN(Cc2ccc(C)cc2)S(=O)(=O)c2ccc(Cl)cc2)c1. The lowest BCUT2D eigenvalue weighted by molar-refractivity contribution is -0.121. The summed E-state index contributed by atoms with van der Waals surface area (Å²) in [6.07, 6.45) is 1.46. The second kappa shape index (κ2) is 11.1. The molecule has 0 radical (unpaired) electrons. The van der Waals surface area contributed by atoms with Crippen molar-refractivity contribution < 1.29 is 17.9 Å². The van der Waals surface area contributed by atoms with Crippen molar-refractivity contribution in [1.29, 1.82) is 0 Å². The number of benzene rings is 3. The molecule has 1 N–H and O–H groups in total. The van der Waals surface area contributed by atoms with Crippen molar-refractivity contribution in [3.05, 3.63) is 94.5 Å². The van der Waals surface area contributed by atoms with Crippen LogP contribution in [0.3, 0.4) is 0 Å². The molecule has 9 heteroatoms. The molecule has 33 heavy (non-hydrogen) atoms. The Morgan fingerprint density at radius 1 is 1.09 bits per heavy atom. The highest BCUT2D eigenvalue weighted by Crippen LogP contribution is 2.20. The van der Waals surface area contributed by atoms with Crippen LogP contribution in [0, 0.1) is 6.92 Å². The average molecular weight is 486 g/mol. The predicted octanol–water partition coefficient (Wildman–Crippen LogP) is 4.00. The third-order valence-electron chi connectivity index (χ3n) is 4.75. The highest BCUT2D eigenvalue weighted by atomic mass is 35.5. The Bertz CT molecular complexity index is 1230. The number of sulfonamides is 1. The summed E-state index contributed by atoms with van der Waals surface area (Å²) in [7, 11) is -2.40. The van der Waals surface area contributed by atoms with E-state index < -0.39 is 22.5 Å². The fourth-order valence-electron chi connectivity index (χ4n) is 2.97. The van der Waals surface area contributed by atoms with Gasteiger partial charge in [-0.05, 0) is 54.4 Å². The maximum absolute atomic E-state index is 13.3. The van der Waals surface area contributed by atoms with Gasteiger partial charge in [-0.25, -0.2) is 13.8 Å². The number of rotatable bonds is 9. The van der Waals surface area contributed by atoms with Gasteiger partial charge in [0.25, 0.3) is 5.91 Å². The van der Waals surface area contributed by atoms with Gasteiger partial charge in [0.1, 0.15) is 5.75 Å². The molecule has 1 amide bonds. The summed E-state index contributed by atoms with van der Waals surface area (Å²) in [5.41, 5.74) is 4.92. The molecule has 172 valence electrons. The maximum Gasteiger partial charge on any atom is 0.255 e. The molecule has 3 rings (SSSR count). The Balaban J connectivity index is 1.78. The van der Waals surface area contributed by atoms with E-state index in [9.17, 15) is 13.2 Å². The zero-order valence-electron chi connectivity index (χ0n) is 18.2. The van der Waals surface area contributed by atoms with Gasteiger partial charge in [-0.1, -0.05) is 53.6 Å². The van der Waals surface area contributed by atoms with Crippen molar-refractivity contribution in [2.75, 3.05) is 13.7 Å². The number of nitrogens with one attached hydrogen (secondary N) is 1. The van der Waals surface area contributed by atoms with E-state index in [4.69, 9.17) is 16.3 Å². The van der Waals surface area contributed by atoms with Crippen LogP contribution in [0.25, 0.3) is 0 Å². The lowest BCUT2D eigenvalue weighted by Crippen LogP contribution is -2.39. The molecule has 0 saturated heterocycles. The van der Waals surface area contributed by atoms with E-state index in [1.807, 2.05) is 31.2 Å². The molecule has 3 aromatic rings. The third-order valence-corrected chi connectivity index (χ3v) is 6.81. The van der Waals surface area contributed by atoms with Crippen molar-refractivity contribution in [1.82, 2.24) is 9.73 Å². The summed E-state index contributed by atoms with van der Waals surface area (Å²) in [6, 6.07) is 20.4. The Labute approximate surface area is 198 Å². The van der Waals surface area contributed by atoms with Crippen LogP contribution in [0.5, 0.6) is 5.75 Å². The molecule has 0 aliphatic rings. The molecule has 0 bridgehead atoms. The van der Waals surface area contributed by atoms with Crippen molar-refractivity contribution in [2.45, 2.75) is 18.4 Å². The number of methoxy groups -OCH3 is 1. The van der Waals surface area contributed by atoms with Gasteiger partial charge >= 0.3 is 0 Å². The summed E-state index contributed by atoms with van der Waals surface area (Å²) in [6.45, 7) is 1.56. The number of aryl methyl sites for hydroxylation is 1. The second-order valence-electron chi connectivity index (χ2n) is 7.28. The standard InChI is InChI=1S/C24H24ClN3O4S/c1-18-6-8-19(9-7-18)16-28(33(30,31)23-12-10-21(25)11-13-23)17-24(29)27-26-15-20-4-3-5-22(14-20)32-2/h3-15H,16-17H2,1-2H3,(H,27,29)/b26-15-. The zero-order valence-corrected chi connectivity index (χ0v) is 19.8. The van der Waals surface area contributed by atoms with Crippen LogP contribution in [0.4, 0.5) is 0 Å². The summed E-state index contributed by atoms with van der Waals surface area (Å²) < 4.78 is 32.8. The van der Waals surface area contributed by atoms with Crippen LogP contribution in [0.1, 0.15) is 16.7 Å². The first-order valence-corrected chi connectivity index (χ1v) is 11.9. The van der Waals surface area contributed by atoms with Gasteiger partial charge in [-0.2, -0.15) is 9.41 Å². The van der Waals surface area contributed by atoms with E-state index in [2.05, 4.69) is 10.5 Å². The molecule has 0 atom stereocenters. The van der Waals surface area contributed by atoms with Gasteiger partial charge in [0.2, 0.25) is 10.0 Å². The van der Waals surface area contributed by atoms with E-state index in [0.29, 0.717) is 10.8 Å². The summed E-state index contributed by atoms with van der Waals surface area (Å²) in [5.74, 6) is 0.0856. The minimum Gasteiger partial charge on any atom is -0.497 e. The molecule has 0 unspecified atom stereocenters. The molecule has 0 aliphatic carbocycles. The third kappa shape index (κ3) is 6.89. The lowest BCUT2D eigenvalue weighted by atomic mass is 10.1. The fraction of sp³-hybridized carbons (Fsp3) is 0.167. The fourth-order valence-corrected chi connectivity index (χ4v) is 4.49. The molecule has 0 heterocycles. The summed E-state index contributed by atoms with van der Waals surface area (Å²) in [5, 5.41) is 4.36. The monoisotopic (exact) mass is 485 g/mol. The quantitative estimate of drug-likeness (QED) is 0.366. The number of hydrogen-bond donors (Lipinski definition) is 1. The molecule has 0 fully saturated rings. The van der Waals surface area contributed by atoms with Crippen LogP contribution in [0.15, 0.2) is 82.8 Å². The van der Waals surface area contributed by atoms with Crippen molar-refractivity contribution in [3.63, 3.8) is 0 Å². The van der Waals surface area contributed by atoms with Crippen LogP contribution >= 0.6 is 11.6 Å². The smallest absolute Gasteiger partial charge is 0.255 e. The van der Waals surface area contributed by atoms with E-state index in [1.54, 1.807) is 31.4 Å². The first kappa shape index (κ1) is 24.4. The number of hydrazone groups is 1. The number of carbonyl (C=O) groups excluding carboxylic acids is 1. The number of halogens is 1.